The lowest BCUT2D eigenvalue weighted by atomic mass is 10.2. The Morgan fingerprint density at radius 2 is 1.41 bits per heavy atom. The van der Waals surface area contributed by atoms with Gasteiger partial charge in [-0.2, -0.15) is 0 Å². The van der Waals surface area contributed by atoms with Gasteiger partial charge in [0.2, 0.25) is 0 Å². The second-order valence-electron chi connectivity index (χ2n) is 6.85. The predicted molar refractivity (Wildman–Crippen MR) is 122 cm³/mol. The maximum absolute atomic E-state index is 12.5. The van der Waals surface area contributed by atoms with Gasteiger partial charge in [-0.1, -0.05) is 54.6 Å². The number of aromatic nitrogens is 2. The lowest BCUT2D eigenvalue weighted by Gasteiger charge is -2.10. The van der Waals surface area contributed by atoms with E-state index in [-0.39, 0.29) is 18.4 Å². The number of hydrogen-bond acceptors (Lipinski definition) is 5. The zero-order valence-corrected chi connectivity index (χ0v) is 17.1. The lowest BCUT2D eigenvalue weighted by molar-refractivity contribution is -0.118. The minimum Gasteiger partial charge on any atom is -0.484 e. The Morgan fingerprint density at radius 3 is 2.12 bits per heavy atom. The summed E-state index contributed by atoms with van der Waals surface area (Å²) in [6, 6.07) is 25.5. The van der Waals surface area contributed by atoms with Crippen LogP contribution in [0.25, 0.3) is 11.4 Å². The third-order valence-corrected chi connectivity index (χ3v) is 4.47. The summed E-state index contributed by atoms with van der Waals surface area (Å²) in [5.74, 6) is 0.387. The first-order valence-electron chi connectivity index (χ1n) is 9.94. The third-order valence-electron chi connectivity index (χ3n) is 4.47. The van der Waals surface area contributed by atoms with Crippen LogP contribution in [0.4, 0.5) is 11.4 Å². The van der Waals surface area contributed by atoms with E-state index < -0.39 is 0 Å². The molecule has 0 saturated carbocycles. The van der Waals surface area contributed by atoms with Gasteiger partial charge in [0, 0.05) is 35.4 Å². The fourth-order valence-electron chi connectivity index (χ4n) is 2.92. The molecule has 3 aromatic carbocycles. The number of rotatable bonds is 7. The van der Waals surface area contributed by atoms with E-state index in [9.17, 15) is 9.59 Å². The number of nitrogens with one attached hydrogen (secondary N) is 2. The summed E-state index contributed by atoms with van der Waals surface area (Å²) in [5, 5.41) is 5.54. The summed E-state index contributed by atoms with van der Waals surface area (Å²) in [6.45, 7) is -0.152. The molecule has 4 aromatic rings. The number of nitrogens with zero attached hydrogens (tertiary/aromatic N) is 2. The minimum absolute atomic E-state index is 0.152. The van der Waals surface area contributed by atoms with Gasteiger partial charge in [-0.3, -0.25) is 9.59 Å². The van der Waals surface area contributed by atoms with E-state index in [2.05, 4.69) is 20.6 Å². The van der Waals surface area contributed by atoms with Crippen LogP contribution in [0.1, 0.15) is 10.4 Å². The maximum atomic E-state index is 12.5. The first kappa shape index (κ1) is 20.7. The summed E-state index contributed by atoms with van der Waals surface area (Å²) >= 11 is 0. The number of benzene rings is 3. The number of carbonyl (C=O) groups is 2. The van der Waals surface area contributed by atoms with Crippen molar-refractivity contribution in [1.82, 2.24) is 9.97 Å². The van der Waals surface area contributed by atoms with E-state index in [1.165, 1.54) is 12.4 Å². The molecule has 4 rings (SSSR count). The number of amides is 2. The predicted octanol–water partition coefficient (Wildman–Crippen LogP) is 4.41. The number of para-hydroxylation sites is 1. The average molecular weight is 424 g/mol. The van der Waals surface area contributed by atoms with Crippen LogP contribution in [0.15, 0.2) is 97.3 Å². The fourth-order valence-corrected chi connectivity index (χ4v) is 2.92. The highest BCUT2D eigenvalue weighted by Crippen LogP contribution is 2.19. The molecule has 0 aliphatic heterocycles. The van der Waals surface area contributed by atoms with Crippen LogP contribution >= 0.6 is 0 Å². The van der Waals surface area contributed by atoms with Gasteiger partial charge in [-0.25, -0.2) is 9.97 Å². The van der Waals surface area contributed by atoms with Crippen molar-refractivity contribution in [1.29, 1.82) is 0 Å². The Bertz CT molecular complexity index is 1200. The summed E-state index contributed by atoms with van der Waals surface area (Å²) in [5.41, 5.74) is 2.43. The van der Waals surface area contributed by atoms with E-state index in [1.807, 2.05) is 48.5 Å². The molecule has 2 amide bonds. The second-order valence-corrected chi connectivity index (χ2v) is 6.85. The molecule has 0 unspecified atom stereocenters. The SMILES string of the molecule is O=C(COc1cccc(NC(=O)c2cnc(-c3ccccc3)nc2)c1)Nc1ccccc1. The Labute approximate surface area is 185 Å². The van der Waals surface area contributed by atoms with E-state index in [0.717, 1.165) is 5.56 Å². The smallest absolute Gasteiger partial charge is 0.262 e. The Hall–Kier alpha value is -4.52. The van der Waals surface area contributed by atoms with Gasteiger partial charge in [-0.05, 0) is 24.3 Å². The standard InChI is InChI=1S/C25H20N4O3/c30-23(28-20-10-5-2-6-11-20)17-32-22-13-7-12-21(14-22)29-25(31)19-15-26-24(27-16-19)18-8-3-1-4-9-18/h1-16H,17H2,(H,28,30)(H,29,31). The van der Waals surface area contributed by atoms with Gasteiger partial charge >= 0.3 is 0 Å². The van der Waals surface area contributed by atoms with Crippen LogP contribution in [-0.2, 0) is 4.79 Å². The van der Waals surface area contributed by atoms with Crippen molar-refractivity contribution in [2.45, 2.75) is 0 Å². The molecule has 0 spiro atoms. The van der Waals surface area contributed by atoms with E-state index >= 15 is 0 Å². The Morgan fingerprint density at radius 1 is 0.750 bits per heavy atom. The summed E-state index contributed by atoms with van der Waals surface area (Å²) < 4.78 is 5.54. The van der Waals surface area contributed by atoms with Crippen LogP contribution in [0.3, 0.4) is 0 Å². The number of hydrogen-bond donors (Lipinski definition) is 2. The third kappa shape index (κ3) is 5.54. The summed E-state index contributed by atoms with van der Waals surface area (Å²) in [4.78, 5) is 33.1. The maximum Gasteiger partial charge on any atom is 0.262 e. The first-order chi connectivity index (χ1) is 15.7. The first-order valence-corrected chi connectivity index (χ1v) is 9.94. The molecular weight excluding hydrogens is 404 g/mol. The largest absolute Gasteiger partial charge is 0.484 e. The normalized spacial score (nSPS) is 10.2. The van der Waals surface area contributed by atoms with E-state index in [1.54, 1.807) is 36.4 Å². The molecule has 7 nitrogen and oxygen atoms in total. The molecule has 0 radical (unpaired) electrons. The van der Waals surface area contributed by atoms with Crippen molar-refractivity contribution >= 4 is 23.2 Å². The van der Waals surface area contributed by atoms with Crippen molar-refractivity contribution < 1.29 is 14.3 Å². The molecule has 7 heteroatoms. The molecule has 0 bridgehead atoms. The number of anilines is 2. The molecule has 0 aliphatic carbocycles. The quantitative estimate of drug-likeness (QED) is 0.458. The monoisotopic (exact) mass is 424 g/mol. The molecule has 0 saturated heterocycles. The van der Waals surface area contributed by atoms with Crippen LogP contribution in [-0.4, -0.2) is 28.4 Å². The van der Waals surface area contributed by atoms with Gasteiger partial charge in [0.25, 0.3) is 11.8 Å². The molecule has 0 fully saturated rings. The lowest BCUT2D eigenvalue weighted by Crippen LogP contribution is -2.20. The van der Waals surface area contributed by atoms with Gasteiger partial charge < -0.3 is 15.4 Å². The van der Waals surface area contributed by atoms with E-state index in [0.29, 0.717) is 28.5 Å². The van der Waals surface area contributed by atoms with Crippen LogP contribution < -0.4 is 15.4 Å². The molecule has 32 heavy (non-hydrogen) atoms. The molecule has 1 aromatic heterocycles. The van der Waals surface area contributed by atoms with Crippen molar-refractivity contribution in [3.05, 3.63) is 103 Å². The average Bonchev–Trinajstić information content (AvgIpc) is 2.84. The molecule has 158 valence electrons. The van der Waals surface area contributed by atoms with Crippen LogP contribution in [0.5, 0.6) is 5.75 Å². The van der Waals surface area contributed by atoms with Crippen LogP contribution in [0.2, 0.25) is 0 Å². The number of ether oxygens (including phenoxy) is 1. The van der Waals surface area contributed by atoms with E-state index in [4.69, 9.17) is 4.74 Å². The highest BCUT2D eigenvalue weighted by molar-refractivity contribution is 6.04. The molecular formula is C25H20N4O3. The van der Waals surface area contributed by atoms with Gasteiger partial charge in [0.05, 0.1) is 5.56 Å². The van der Waals surface area contributed by atoms with Gasteiger partial charge in [0.15, 0.2) is 12.4 Å². The van der Waals surface area contributed by atoms with Gasteiger partial charge in [-0.15, -0.1) is 0 Å². The highest BCUT2D eigenvalue weighted by atomic mass is 16.5. The topological polar surface area (TPSA) is 93.2 Å². The fraction of sp³-hybridized carbons (Fsp3) is 0.0400. The van der Waals surface area contributed by atoms with Crippen LogP contribution in [0, 0.1) is 0 Å². The summed E-state index contributed by atoms with van der Waals surface area (Å²) in [7, 11) is 0. The zero-order valence-electron chi connectivity index (χ0n) is 17.1. The summed E-state index contributed by atoms with van der Waals surface area (Å²) in [6.07, 6.45) is 2.97. The van der Waals surface area contributed by atoms with Gasteiger partial charge in [0.1, 0.15) is 5.75 Å². The van der Waals surface area contributed by atoms with Crippen molar-refractivity contribution in [2.24, 2.45) is 0 Å². The molecule has 1 heterocycles. The van der Waals surface area contributed by atoms with Crippen molar-refractivity contribution in [3.63, 3.8) is 0 Å². The number of carbonyl (C=O) groups excluding carboxylic acids is 2. The van der Waals surface area contributed by atoms with Crippen molar-refractivity contribution in [2.75, 3.05) is 17.2 Å². The zero-order chi connectivity index (χ0) is 22.2. The molecule has 2 N–H and O–H groups in total. The molecule has 0 atom stereocenters. The second kappa shape index (κ2) is 9.99. The minimum atomic E-state index is -0.344. The molecule has 0 aliphatic rings. The Kier molecular flexibility index (Phi) is 6.48. The Balaban J connectivity index is 1.34. The highest BCUT2D eigenvalue weighted by Gasteiger charge is 2.10. The van der Waals surface area contributed by atoms with Crippen molar-refractivity contribution in [3.8, 4) is 17.1 Å².